The van der Waals surface area contributed by atoms with Gasteiger partial charge in [-0.1, -0.05) is 6.07 Å². The quantitative estimate of drug-likeness (QED) is 0.737. The van der Waals surface area contributed by atoms with Crippen LogP contribution >= 0.6 is 11.8 Å². The number of methoxy groups -OCH3 is 1. The van der Waals surface area contributed by atoms with E-state index in [0.29, 0.717) is 18.0 Å². The Morgan fingerprint density at radius 2 is 2.07 bits per heavy atom. The highest BCUT2D eigenvalue weighted by molar-refractivity contribution is 7.99. The standard InChI is InChI=1S/C19H23N3O4S/c1-25-16-4-2-3-15(11-16)21-19(24)18(23)20-12-17(14-5-8-26-13-14)22-6-9-27-10-7-22/h2-5,8,11,13,17H,6-7,9-10,12H2,1H3,(H,20,23)(H,21,24)/t17-/m0/s1. The van der Waals surface area contributed by atoms with Crippen molar-refractivity contribution in [2.75, 3.05) is 43.6 Å². The van der Waals surface area contributed by atoms with Crippen LogP contribution in [0.4, 0.5) is 5.69 Å². The van der Waals surface area contributed by atoms with E-state index in [9.17, 15) is 9.59 Å². The lowest BCUT2D eigenvalue weighted by Crippen LogP contribution is -2.44. The molecule has 1 aliphatic rings. The molecule has 7 nitrogen and oxygen atoms in total. The second kappa shape index (κ2) is 9.48. The van der Waals surface area contributed by atoms with Crippen LogP contribution in [0, 0.1) is 0 Å². The third kappa shape index (κ3) is 5.27. The molecule has 2 N–H and O–H groups in total. The molecule has 2 amide bonds. The zero-order chi connectivity index (χ0) is 19.1. The summed E-state index contributed by atoms with van der Waals surface area (Å²) in [7, 11) is 1.54. The smallest absolute Gasteiger partial charge is 0.313 e. The van der Waals surface area contributed by atoms with E-state index in [2.05, 4.69) is 15.5 Å². The summed E-state index contributed by atoms with van der Waals surface area (Å²) in [5.74, 6) is 1.34. The second-order valence-electron chi connectivity index (χ2n) is 6.12. The molecule has 1 fully saturated rings. The molecule has 2 aromatic rings. The van der Waals surface area contributed by atoms with Crippen LogP contribution in [-0.2, 0) is 9.59 Å². The summed E-state index contributed by atoms with van der Waals surface area (Å²) in [4.78, 5) is 26.8. The van der Waals surface area contributed by atoms with E-state index in [-0.39, 0.29) is 6.04 Å². The molecule has 1 atom stereocenters. The highest BCUT2D eigenvalue weighted by Crippen LogP contribution is 2.24. The Morgan fingerprint density at radius 1 is 1.26 bits per heavy atom. The van der Waals surface area contributed by atoms with Crippen molar-refractivity contribution in [2.24, 2.45) is 0 Å². The lowest BCUT2D eigenvalue weighted by molar-refractivity contribution is -0.136. The fourth-order valence-corrected chi connectivity index (χ4v) is 3.90. The number of nitrogens with zero attached hydrogens (tertiary/aromatic N) is 1. The molecule has 3 rings (SSSR count). The molecule has 27 heavy (non-hydrogen) atoms. The maximum Gasteiger partial charge on any atom is 0.313 e. The number of thioether (sulfide) groups is 1. The third-order valence-electron chi connectivity index (χ3n) is 4.40. The Kier molecular flexibility index (Phi) is 6.78. The van der Waals surface area contributed by atoms with Crippen molar-refractivity contribution in [1.29, 1.82) is 0 Å². The van der Waals surface area contributed by atoms with Gasteiger partial charge < -0.3 is 19.8 Å². The van der Waals surface area contributed by atoms with Crippen molar-refractivity contribution in [3.63, 3.8) is 0 Å². The third-order valence-corrected chi connectivity index (χ3v) is 5.35. The number of rotatable bonds is 6. The van der Waals surface area contributed by atoms with Crippen molar-refractivity contribution in [3.05, 3.63) is 48.4 Å². The molecular formula is C19H23N3O4S. The number of nitrogens with one attached hydrogen (secondary N) is 2. The Labute approximate surface area is 162 Å². The van der Waals surface area contributed by atoms with Gasteiger partial charge in [0.2, 0.25) is 0 Å². The molecule has 2 heterocycles. The van der Waals surface area contributed by atoms with E-state index in [1.807, 2.05) is 17.8 Å². The molecule has 1 saturated heterocycles. The highest BCUT2D eigenvalue weighted by Gasteiger charge is 2.25. The summed E-state index contributed by atoms with van der Waals surface area (Å²) in [6.45, 7) is 2.22. The van der Waals surface area contributed by atoms with Gasteiger partial charge in [0.15, 0.2) is 0 Å². The van der Waals surface area contributed by atoms with Gasteiger partial charge in [-0.25, -0.2) is 0 Å². The Balaban J connectivity index is 1.58. The summed E-state index contributed by atoms with van der Waals surface area (Å²) in [6.07, 6.45) is 3.31. The number of benzene rings is 1. The molecule has 0 saturated carbocycles. The maximum absolute atomic E-state index is 12.3. The van der Waals surface area contributed by atoms with Crippen LogP contribution in [0.15, 0.2) is 47.3 Å². The van der Waals surface area contributed by atoms with E-state index in [1.165, 1.54) is 0 Å². The molecule has 8 heteroatoms. The van der Waals surface area contributed by atoms with Crippen molar-refractivity contribution in [3.8, 4) is 5.75 Å². The lowest BCUT2D eigenvalue weighted by Gasteiger charge is -2.33. The minimum absolute atomic E-state index is 0.0155. The number of furan rings is 1. The van der Waals surface area contributed by atoms with Gasteiger partial charge in [0, 0.05) is 48.5 Å². The largest absolute Gasteiger partial charge is 0.497 e. The molecule has 0 unspecified atom stereocenters. The summed E-state index contributed by atoms with van der Waals surface area (Å²) in [6, 6.07) is 8.75. The molecule has 0 aliphatic carbocycles. The van der Waals surface area contributed by atoms with Crippen LogP contribution in [0.2, 0.25) is 0 Å². The first-order valence-electron chi connectivity index (χ1n) is 8.74. The minimum Gasteiger partial charge on any atom is -0.497 e. The number of hydrogen-bond acceptors (Lipinski definition) is 6. The van der Waals surface area contributed by atoms with E-state index in [1.54, 1.807) is 43.9 Å². The second-order valence-corrected chi connectivity index (χ2v) is 7.34. The van der Waals surface area contributed by atoms with E-state index in [0.717, 1.165) is 30.2 Å². The normalized spacial score (nSPS) is 15.7. The number of carbonyl (C=O) groups excluding carboxylic acids is 2. The van der Waals surface area contributed by atoms with Gasteiger partial charge in [0.05, 0.1) is 25.7 Å². The van der Waals surface area contributed by atoms with Gasteiger partial charge >= 0.3 is 11.8 Å². The van der Waals surface area contributed by atoms with Gasteiger partial charge in [-0.3, -0.25) is 14.5 Å². The van der Waals surface area contributed by atoms with E-state index < -0.39 is 11.8 Å². The fraction of sp³-hybridized carbons (Fsp3) is 0.368. The average molecular weight is 389 g/mol. The minimum atomic E-state index is -0.705. The lowest BCUT2D eigenvalue weighted by atomic mass is 10.1. The van der Waals surface area contributed by atoms with Gasteiger partial charge in [-0.05, 0) is 18.2 Å². The summed E-state index contributed by atoms with van der Waals surface area (Å²) in [5.41, 5.74) is 1.50. The van der Waals surface area contributed by atoms with Crippen molar-refractivity contribution in [1.82, 2.24) is 10.2 Å². The number of anilines is 1. The number of carbonyl (C=O) groups is 2. The highest BCUT2D eigenvalue weighted by atomic mass is 32.2. The van der Waals surface area contributed by atoms with Crippen molar-refractivity contribution < 1.29 is 18.7 Å². The van der Waals surface area contributed by atoms with Crippen molar-refractivity contribution >= 4 is 29.3 Å². The molecule has 1 aliphatic heterocycles. The topological polar surface area (TPSA) is 83.8 Å². The number of hydrogen-bond donors (Lipinski definition) is 2. The van der Waals surface area contributed by atoms with Crippen LogP contribution < -0.4 is 15.4 Å². The first-order chi connectivity index (χ1) is 13.2. The summed E-state index contributed by atoms with van der Waals surface area (Å²) in [5, 5.41) is 5.33. The Bertz CT molecular complexity index is 760. The van der Waals surface area contributed by atoms with Crippen LogP contribution in [0.25, 0.3) is 0 Å². The summed E-state index contributed by atoms with van der Waals surface area (Å²) >= 11 is 1.92. The van der Waals surface area contributed by atoms with Gasteiger partial charge in [-0.15, -0.1) is 0 Å². The molecule has 1 aromatic carbocycles. The van der Waals surface area contributed by atoms with Crippen molar-refractivity contribution in [2.45, 2.75) is 6.04 Å². The monoisotopic (exact) mass is 389 g/mol. The van der Waals surface area contributed by atoms with Gasteiger partial charge in [0.25, 0.3) is 0 Å². The van der Waals surface area contributed by atoms with Crippen LogP contribution in [0.3, 0.4) is 0 Å². The molecular weight excluding hydrogens is 366 g/mol. The van der Waals surface area contributed by atoms with E-state index >= 15 is 0 Å². The molecule has 0 bridgehead atoms. The average Bonchev–Trinajstić information content (AvgIpc) is 3.23. The summed E-state index contributed by atoms with van der Waals surface area (Å²) < 4.78 is 10.3. The SMILES string of the molecule is COc1cccc(NC(=O)C(=O)NC[C@@H](c2ccoc2)N2CCSCC2)c1. The Hall–Kier alpha value is -2.45. The van der Waals surface area contributed by atoms with Gasteiger partial charge in [-0.2, -0.15) is 11.8 Å². The number of amides is 2. The Morgan fingerprint density at radius 3 is 2.78 bits per heavy atom. The molecule has 1 aromatic heterocycles. The molecule has 0 radical (unpaired) electrons. The fourth-order valence-electron chi connectivity index (χ4n) is 2.97. The maximum atomic E-state index is 12.3. The van der Waals surface area contributed by atoms with Crippen LogP contribution in [0.5, 0.6) is 5.75 Å². The van der Waals surface area contributed by atoms with Gasteiger partial charge in [0.1, 0.15) is 5.75 Å². The first-order valence-corrected chi connectivity index (χ1v) is 9.90. The zero-order valence-corrected chi connectivity index (χ0v) is 16.0. The predicted molar refractivity (Wildman–Crippen MR) is 105 cm³/mol. The predicted octanol–water partition coefficient (Wildman–Crippen LogP) is 2.13. The number of ether oxygens (including phenoxy) is 1. The first kappa shape index (κ1) is 19.3. The van der Waals surface area contributed by atoms with Crippen LogP contribution in [-0.4, -0.2) is 55.0 Å². The zero-order valence-electron chi connectivity index (χ0n) is 15.1. The van der Waals surface area contributed by atoms with E-state index in [4.69, 9.17) is 9.15 Å². The molecule has 144 valence electrons. The van der Waals surface area contributed by atoms with Crippen LogP contribution in [0.1, 0.15) is 11.6 Å². The molecule has 0 spiro atoms.